The first kappa shape index (κ1) is 31.9. The Kier molecular flexibility index (Phi) is 7.42. The number of hydrogen-bond acceptors (Lipinski definition) is 4. The Morgan fingerprint density at radius 3 is 1.52 bits per heavy atom. The summed E-state index contributed by atoms with van der Waals surface area (Å²) in [4.78, 5) is 14.8. The van der Waals surface area contributed by atoms with Gasteiger partial charge in [-0.05, 0) is 70.8 Å². The van der Waals surface area contributed by atoms with Gasteiger partial charge in [0.15, 0.2) is 17.5 Å². The van der Waals surface area contributed by atoms with Crippen LogP contribution < -0.4 is 0 Å². The van der Waals surface area contributed by atoms with Gasteiger partial charge in [0.25, 0.3) is 0 Å². The van der Waals surface area contributed by atoms with Gasteiger partial charge in [-0.2, -0.15) is 0 Å². The highest BCUT2D eigenvalue weighted by Gasteiger charge is 2.17. The van der Waals surface area contributed by atoms with Gasteiger partial charge in [-0.1, -0.05) is 140 Å². The molecule has 3 aromatic heterocycles. The minimum absolute atomic E-state index is 0.623. The summed E-state index contributed by atoms with van der Waals surface area (Å²) in [5, 5.41) is 4.62. The van der Waals surface area contributed by atoms with Gasteiger partial charge in [0, 0.05) is 50.0 Å². The van der Waals surface area contributed by atoms with Crippen molar-refractivity contribution in [3.63, 3.8) is 0 Å². The Morgan fingerprint density at radius 1 is 0.304 bits per heavy atom. The number of fused-ring (bicyclic) bond motifs is 6. The molecule has 0 N–H and O–H groups in total. The molecule has 262 valence electrons. The molecule has 0 aliphatic rings. The maximum Gasteiger partial charge on any atom is 0.164 e. The Hall–Kier alpha value is -7.63. The van der Waals surface area contributed by atoms with Crippen molar-refractivity contribution >= 4 is 43.7 Å². The van der Waals surface area contributed by atoms with Gasteiger partial charge in [0.2, 0.25) is 0 Å². The molecule has 0 fully saturated rings. The molecule has 0 unspecified atom stereocenters. The van der Waals surface area contributed by atoms with Gasteiger partial charge in [-0.3, -0.25) is 0 Å². The monoisotopic (exact) mass is 716 g/mol. The minimum Gasteiger partial charge on any atom is -0.456 e. The molecule has 0 saturated heterocycles. The molecule has 0 spiro atoms. The minimum atomic E-state index is 0.623. The van der Waals surface area contributed by atoms with Crippen molar-refractivity contribution < 1.29 is 4.42 Å². The largest absolute Gasteiger partial charge is 0.456 e. The fourth-order valence-corrected chi connectivity index (χ4v) is 7.92. The predicted octanol–water partition coefficient (Wildman–Crippen LogP) is 13.2. The topological polar surface area (TPSA) is 56.7 Å². The first-order valence-electron chi connectivity index (χ1n) is 18.8. The van der Waals surface area contributed by atoms with E-state index in [9.17, 15) is 0 Å². The quantitative estimate of drug-likeness (QED) is 0.172. The van der Waals surface area contributed by atoms with Crippen LogP contribution in [0.5, 0.6) is 0 Å². The number of aromatic nitrogens is 4. The van der Waals surface area contributed by atoms with Crippen LogP contribution in [-0.4, -0.2) is 19.5 Å². The Labute approximate surface area is 322 Å². The van der Waals surface area contributed by atoms with E-state index in [2.05, 4.69) is 138 Å². The number of benzene rings is 8. The van der Waals surface area contributed by atoms with E-state index < -0.39 is 0 Å². The van der Waals surface area contributed by atoms with Gasteiger partial charge in [0.05, 0.1) is 11.0 Å². The highest BCUT2D eigenvalue weighted by atomic mass is 16.3. The number of nitrogens with zero attached hydrogens (tertiary/aromatic N) is 4. The Bertz CT molecular complexity index is 3180. The first-order chi connectivity index (χ1) is 27.7. The highest BCUT2D eigenvalue weighted by Crippen LogP contribution is 2.38. The number of para-hydroxylation sites is 1. The van der Waals surface area contributed by atoms with Gasteiger partial charge < -0.3 is 8.98 Å². The van der Waals surface area contributed by atoms with Crippen LogP contribution in [0.25, 0.3) is 106 Å². The summed E-state index contributed by atoms with van der Waals surface area (Å²) in [5.74, 6) is 1.90. The van der Waals surface area contributed by atoms with E-state index >= 15 is 0 Å². The molecule has 0 radical (unpaired) electrons. The summed E-state index contributed by atoms with van der Waals surface area (Å²) in [6.07, 6.45) is 0. The summed E-state index contributed by atoms with van der Waals surface area (Å²) in [6, 6.07) is 67.5. The van der Waals surface area contributed by atoms with E-state index in [1.54, 1.807) is 0 Å². The maximum absolute atomic E-state index is 6.65. The number of furan rings is 1. The van der Waals surface area contributed by atoms with Crippen LogP contribution in [-0.2, 0) is 0 Å². The van der Waals surface area contributed by atoms with E-state index in [1.165, 1.54) is 21.9 Å². The second-order valence-electron chi connectivity index (χ2n) is 14.1. The van der Waals surface area contributed by atoms with Crippen LogP contribution in [0.3, 0.4) is 0 Å². The average Bonchev–Trinajstić information content (AvgIpc) is 3.81. The molecule has 3 heterocycles. The van der Waals surface area contributed by atoms with Crippen molar-refractivity contribution in [1.29, 1.82) is 0 Å². The van der Waals surface area contributed by atoms with Gasteiger partial charge >= 0.3 is 0 Å². The lowest BCUT2D eigenvalue weighted by molar-refractivity contribution is 0.669. The first-order valence-corrected chi connectivity index (χ1v) is 18.8. The molecular weight excluding hydrogens is 685 g/mol. The normalized spacial score (nSPS) is 11.6. The van der Waals surface area contributed by atoms with E-state index in [4.69, 9.17) is 19.4 Å². The number of rotatable bonds is 6. The predicted molar refractivity (Wildman–Crippen MR) is 229 cm³/mol. The molecular formula is C51H32N4O. The van der Waals surface area contributed by atoms with Crippen LogP contribution in [0.1, 0.15) is 0 Å². The molecule has 8 aromatic carbocycles. The Balaban J connectivity index is 0.985. The molecule has 11 aromatic rings. The molecule has 56 heavy (non-hydrogen) atoms. The molecule has 0 bridgehead atoms. The molecule has 11 rings (SSSR count). The Morgan fingerprint density at radius 2 is 0.804 bits per heavy atom. The zero-order valence-corrected chi connectivity index (χ0v) is 30.2. The second-order valence-corrected chi connectivity index (χ2v) is 14.1. The van der Waals surface area contributed by atoms with Crippen LogP contribution >= 0.6 is 0 Å². The zero-order chi connectivity index (χ0) is 37.0. The van der Waals surface area contributed by atoms with Crippen LogP contribution in [0.15, 0.2) is 199 Å². The van der Waals surface area contributed by atoms with E-state index in [0.29, 0.717) is 17.5 Å². The van der Waals surface area contributed by atoms with Crippen molar-refractivity contribution in [3.8, 4) is 62.1 Å². The van der Waals surface area contributed by atoms with Crippen LogP contribution in [0, 0.1) is 0 Å². The average molecular weight is 717 g/mol. The molecule has 0 amide bonds. The summed E-state index contributed by atoms with van der Waals surface area (Å²) in [7, 11) is 0. The smallest absolute Gasteiger partial charge is 0.164 e. The van der Waals surface area contributed by atoms with Crippen molar-refractivity contribution in [2.75, 3.05) is 0 Å². The van der Waals surface area contributed by atoms with Crippen LogP contribution in [0.2, 0.25) is 0 Å². The highest BCUT2D eigenvalue weighted by molar-refractivity contribution is 6.11. The fraction of sp³-hybridized carbons (Fsp3) is 0. The summed E-state index contributed by atoms with van der Waals surface area (Å²) in [5.41, 5.74) is 12.4. The van der Waals surface area contributed by atoms with E-state index in [1.807, 2.05) is 60.7 Å². The summed E-state index contributed by atoms with van der Waals surface area (Å²) in [6.45, 7) is 0. The molecule has 0 aliphatic carbocycles. The lowest BCUT2D eigenvalue weighted by Crippen LogP contribution is -2.00. The van der Waals surface area contributed by atoms with Gasteiger partial charge in [-0.25, -0.2) is 15.0 Å². The summed E-state index contributed by atoms with van der Waals surface area (Å²) < 4.78 is 9.00. The zero-order valence-electron chi connectivity index (χ0n) is 30.2. The fourth-order valence-electron chi connectivity index (χ4n) is 7.92. The SMILES string of the molecule is c1ccc(-c2ccc3c(c2)c2ccccc2n3-c2ccc3c(c2)oc2cc(-c4cccc(-c5nc(-c6ccccc6)nc(-c6ccccc6)n5)c4)ccc23)cc1. The lowest BCUT2D eigenvalue weighted by Gasteiger charge is -2.09. The van der Waals surface area contributed by atoms with Gasteiger partial charge in [-0.15, -0.1) is 0 Å². The van der Waals surface area contributed by atoms with Gasteiger partial charge in [0.1, 0.15) is 11.2 Å². The van der Waals surface area contributed by atoms with Crippen molar-refractivity contribution in [2.24, 2.45) is 0 Å². The third-order valence-electron chi connectivity index (χ3n) is 10.6. The lowest BCUT2D eigenvalue weighted by atomic mass is 10.0. The van der Waals surface area contributed by atoms with E-state index in [0.717, 1.165) is 66.5 Å². The third kappa shape index (κ3) is 5.45. The molecule has 5 nitrogen and oxygen atoms in total. The van der Waals surface area contributed by atoms with Crippen molar-refractivity contribution in [2.45, 2.75) is 0 Å². The second kappa shape index (κ2) is 13.0. The standard InChI is InChI=1S/C51H32N4O/c1-4-13-33(14-5-1)37-24-28-46-44(30-37)41-21-10-11-22-45(41)55(46)40-25-27-43-42-26-23-38(31-47(42)56-48(43)32-40)36-19-12-20-39(29-36)51-53-49(34-15-6-2-7-16-34)52-50(54-51)35-17-8-3-9-18-35/h1-32H. The summed E-state index contributed by atoms with van der Waals surface area (Å²) >= 11 is 0. The van der Waals surface area contributed by atoms with Crippen LogP contribution in [0.4, 0.5) is 0 Å². The molecule has 0 aliphatic heterocycles. The molecule has 0 atom stereocenters. The number of hydrogen-bond donors (Lipinski definition) is 0. The van der Waals surface area contributed by atoms with E-state index in [-0.39, 0.29) is 0 Å². The van der Waals surface area contributed by atoms with Crippen molar-refractivity contribution in [3.05, 3.63) is 194 Å². The maximum atomic E-state index is 6.65. The van der Waals surface area contributed by atoms with Crippen molar-refractivity contribution in [1.82, 2.24) is 19.5 Å². The molecule has 0 saturated carbocycles. The molecule has 5 heteroatoms. The third-order valence-corrected chi connectivity index (χ3v) is 10.6.